The summed E-state index contributed by atoms with van der Waals surface area (Å²) in [4.78, 5) is 29.0. The quantitative estimate of drug-likeness (QED) is 0.467. The number of nitrogens with zero attached hydrogens (tertiary/aromatic N) is 2. The van der Waals surface area contributed by atoms with Gasteiger partial charge in [0.15, 0.2) is 0 Å². The summed E-state index contributed by atoms with van der Waals surface area (Å²) in [5.41, 5.74) is -0.506. The van der Waals surface area contributed by atoms with Gasteiger partial charge in [0.05, 0.1) is 18.8 Å². The van der Waals surface area contributed by atoms with Crippen LogP contribution in [0.5, 0.6) is 0 Å². The monoisotopic (exact) mass is 506 g/mol. The van der Waals surface area contributed by atoms with Crippen molar-refractivity contribution < 1.29 is 19.4 Å². The van der Waals surface area contributed by atoms with Crippen LogP contribution in [0.25, 0.3) is 0 Å². The molecule has 8 nitrogen and oxygen atoms in total. The van der Waals surface area contributed by atoms with Crippen molar-refractivity contribution in [3.8, 4) is 0 Å². The zero-order valence-corrected chi connectivity index (χ0v) is 23.1. The Morgan fingerprint density at radius 2 is 1.72 bits per heavy atom. The molecule has 2 saturated carbocycles. The molecule has 0 aromatic carbocycles. The number of amides is 2. The number of carbonyl (C=O) groups is 2. The third-order valence-corrected chi connectivity index (χ3v) is 9.88. The number of hydrogen-bond acceptors (Lipinski definition) is 6. The van der Waals surface area contributed by atoms with Crippen LogP contribution in [0.4, 0.5) is 0 Å². The average Bonchev–Trinajstić information content (AvgIpc) is 3.04. The highest BCUT2D eigenvalue weighted by Gasteiger charge is 2.61. The molecule has 4 fully saturated rings. The van der Waals surface area contributed by atoms with Crippen LogP contribution in [0, 0.1) is 16.7 Å². The van der Waals surface area contributed by atoms with Crippen LogP contribution in [-0.2, 0) is 14.3 Å². The molecule has 0 radical (unpaired) electrons. The molecule has 2 aliphatic carbocycles. The number of morpholine rings is 1. The molecule has 0 spiro atoms. The van der Waals surface area contributed by atoms with E-state index in [0.717, 1.165) is 90.9 Å². The predicted octanol–water partition coefficient (Wildman–Crippen LogP) is 2.15. The Hall–Kier alpha value is -1.22. The number of carbonyl (C=O) groups excluding carboxylic acids is 2. The summed E-state index contributed by atoms with van der Waals surface area (Å²) in [5.74, 6) is 0.692. The Balaban J connectivity index is 1.39. The first-order chi connectivity index (χ1) is 17.0. The Morgan fingerprint density at radius 3 is 2.39 bits per heavy atom. The lowest BCUT2D eigenvalue weighted by Gasteiger charge is -2.51. The normalized spacial score (nSPS) is 35.4. The van der Waals surface area contributed by atoms with Crippen LogP contribution in [0.3, 0.4) is 0 Å². The average molecular weight is 507 g/mol. The van der Waals surface area contributed by atoms with E-state index >= 15 is 0 Å². The van der Waals surface area contributed by atoms with Crippen LogP contribution in [0.2, 0.25) is 0 Å². The van der Waals surface area contributed by atoms with Crippen LogP contribution in [0.1, 0.15) is 79.1 Å². The molecule has 206 valence electrons. The van der Waals surface area contributed by atoms with Gasteiger partial charge in [-0.3, -0.25) is 14.5 Å². The van der Waals surface area contributed by atoms with Gasteiger partial charge < -0.3 is 25.4 Å². The number of ether oxygens (including phenoxy) is 1. The zero-order chi connectivity index (χ0) is 26.0. The fourth-order valence-electron chi connectivity index (χ4n) is 7.72. The molecule has 2 aliphatic heterocycles. The van der Waals surface area contributed by atoms with E-state index in [1.54, 1.807) is 6.92 Å². The molecular weight excluding hydrogens is 456 g/mol. The first-order valence-corrected chi connectivity index (χ1v) is 14.3. The minimum atomic E-state index is -0.631. The molecule has 3 N–H and O–H groups in total. The Bertz CT molecular complexity index is 774. The molecule has 36 heavy (non-hydrogen) atoms. The Labute approximate surface area is 217 Å². The fraction of sp³-hybridized carbons (Fsp3) is 0.929. The molecule has 2 heterocycles. The van der Waals surface area contributed by atoms with Crippen LogP contribution < -0.4 is 10.6 Å². The van der Waals surface area contributed by atoms with Crippen molar-refractivity contribution in [2.24, 2.45) is 16.7 Å². The number of nitrogens with one attached hydrogen (secondary N) is 2. The third kappa shape index (κ3) is 6.43. The van der Waals surface area contributed by atoms with Gasteiger partial charge >= 0.3 is 0 Å². The molecule has 0 unspecified atom stereocenters. The van der Waals surface area contributed by atoms with Crippen LogP contribution in [0.15, 0.2) is 0 Å². The largest absolute Gasteiger partial charge is 0.390 e. The molecule has 4 rings (SSSR count). The summed E-state index contributed by atoms with van der Waals surface area (Å²) in [5, 5.41) is 18.2. The van der Waals surface area contributed by atoms with Gasteiger partial charge in [-0.1, -0.05) is 13.8 Å². The number of piperidine rings is 1. The van der Waals surface area contributed by atoms with E-state index in [0.29, 0.717) is 31.0 Å². The van der Waals surface area contributed by atoms with Crippen molar-refractivity contribution in [1.82, 2.24) is 20.4 Å². The molecule has 4 atom stereocenters. The number of fused-ring (bicyclic) bond motifs is 1. The summed E-state index contributed by atoms with van der Waals surface area (Å²) in [6.07, 6.45) is 6.99. The zero-order valence-electron chi connectivity index (χ0n) is 23.1. The lowest BCUT2D eigenvalue weighted by Crippen LogP contribution is -2.55. The van der Waals surface area contributed by atoms with Crippen molar-refractivity contribution in [3.63, 3.8) is 0 Å². The van der Waals surface area contributed by atoms with Crippen molar-refractivity contribution >= 4 is 11.8 Å². The van der Waals surface area contributed by atoms with Crippen LogP contribution in [-0.4, -0.2) is 96.9 Å². The van der Waals surface area contributed by atoms with Crippen molar-refractivity contribution in [1.29, 1.82) is 0 Å². The predicted molar refractivity (Wildman–Crippen MR) is 140 cm³/mol. The Kier molecular flexibility index (Phi) is 8.70. The maximum atomic E-state index is 12.9. The van der Waals surface area contributed by atoms with E-state index in [1.807, 2.05) is 11.8 Å². The minimum absolute atomic E-state index is 0.0188. The smallest absolute Gasteiger partial charge is 0.220 e. The number of aliphatic hydroxyl groups is 1. The maximum Gasteiger partial charge on any atom is 0.220 e. The molecule has 8 heteroatoms. The summed E-state index contributed by atoms with van der Waals surface area (Å²) in [7, 11) is 0. The van der Waals surface area contributed by atoms with Crippen molar-refractivity contribution in [2.75, 3.05) is 52.5 Å². The molecule has 0 aromatic rings. The summed E-state index contributed by atoms with van der Waals surface area (Å²) >= 11 is 0. The minimum Gasteiger partial charge on any atom is -0.390 e. The Morgan fingerprint density at radius 1 is 1.03 bits per heavy atom. The summed E-state index contributed by atoms with van der Waals surface area (Å²) in [6.45, 7) is 15.0. The standard InChI is InChI=1S/C28H50N4O4/c1-21(33)32-12-6-22(7-13-32)30-24-20-26(2,3)23-19-27(4,35)9-10-28(23,24)8-5-25(34)29-11-14-31-15-17-36-18-16-31/h22-24,30,35H,5-20H2,1-4H3,(H,29,34)/t23-,24-,27-,28-/m0/s1. The second-order valence-electron chi connectivity index (χ2n) is 13.0. The highest BCUT2D eigenvalue weighted by atomic mass is 16.5. The highest BCUT2D eigenvalue weighted by molar-refractivity contribution is 5.76. The second-order valence-corrected chi connectivity index (χ2v) is 13.0. The topological polar surface area (TPSA) is 94.1 Å². The van der Waals surface area contributed by atoms with Gasteiger partial charge in [-0.15, -0.1) is 0 Å². The summed E-state index contributed by atoms with van der Waals surface area (Å²) < 4.78 is 5.41. The fourth-order valence-corrected chi connectivity index (χ4v) is 7.72. The molecule has 2 amide bonds. The highest BCUT2D eigenvalue weighted by Crippen LogP contribution is 2.64. The summed E-state index contributed by atoms with van der Waals surface area (Å²) in [6, 6.07) is 0.741. The SMILES string of the molecule is CC(=O)N1CCC(N[C@H]2CC(C)(C)[C@@H]3C[C@@](C)(O)CC[C@]23CCC(=O)NCCN2CCOCC2)CC1. The van der Waals surface area contributed by atoms with E-state index in [-0.39, 0.29) is 22.6 Å². The molecular formula is C28H50N4O4. The number of rotatable bonds is 8. The van der Waals surface area contributed by atoms with Crippen LogP contribution >= 0.6 is 0 Å². The van der Waals surface area contributed by atoms with E-state index < -0.39 is 5.60 Å². The maximum absolute atomic E-state index is 12.9. The van der Waals surface area contributed by atoms with Gasteiger partial charge in [0.25, 0.3) is 0 Å². The second kappa shape index (κ2) is 11.3. The van der Waals surface area contributed by atoms with E-state index in [9.17, 15) is 14.7 Å². The molecule has 0 aromatic heterocycles. The van der Waals surface area contributed by atoms with Gasteiger partial charge in [-0.05, 0) is 68.6 Å². The molecule has 0 bridgehead atoms. The van der Waals surface area contributed by atoms with Gasteiger partial charge in [0.1, 0.15) is 0 Å². The van der Waals surface area contributed by atoms with Gasteiger partial charge in [-0.2, -0.15) is 0 Å². The lowest BCUT2D eigenvalue weighted by molar-refractivity contribution is -0.130. The van der Waals surface area contributed by atoms with Gasteiger partial charge in [0.2, 0.25) is 11.8 Å². The van der Waals surface area contributed by atoms with E-state index in [2.05, 4.69) is 29.4 Å². The molecule has 2 saturated heterocycles. The first kappa shape index (κ1) is 27.8. The van der Waals surface area contributed by atoms with Gasteiger partial charge in [0, 0.05) is 64.7 Å². The third-order valence-electron chi connectivity index (χ3n) is 9.88. The van der Waals surface area contributed by atoms with E-state index in [4.69, 9.17) is 4.74 Å². The number of hydrogen-bond donors (Lipinski definition) is 3. The van der Waals surface area contributed by atoms with Crippen molar-refractivity contribution in [3.05, 3.63) is 0 Å². The number of likely N-dealkylation sites (tertiary alicyclic amines) is 1. The molecule has 4 aliphatic rings. The van der Waals surface area contributed by atoms with Crippen molar-refractivity contribution in [2.45, 2.75) is 96.7 Å². The lowest BCUT2D eigenvalue weighted by atomic mass is 9.57. The van der Waals surface area contributed by atoms with Gasteiger partial charge in [-0.25, -0.2) is 0 Å². The van der Waals surface area contributed by atoms with E-state index in [1.165, 1.54) is 0 Å². The first-order valence-electron chi connectivity index (χ1n) is 14.3.